The summed E-state index contributed by atoms with van der Waals surface area (Å²) >= 11 is 5.98. The van der Waals surface area contributed by atoms with Gasteiger partial charge in [-0.15, -0.1) is 0 Å². The summed E-state index contributed by atoms with van der Waals surface area (Å²) in [4.78, 5) is 17.1. The monoisotopic (exact) mass is 253 g/mol. The van der Waals surface area contributed by atoms with Crippen molar-refractivity contribution in [1.29, 1.82) is 0 Å². The highest BCUT2D eigenvalue weighted by Gasteiger charge is 2.20. The minimum atomic E-state index is 0.155. The van der Waals surface area contributed by atoms with Gasteiger partial charge in [0, 0.05) is 32.3 Å². The van der Waals surface area contributed by atoms with Crippen LogP contribution in [0.15, 0.2) is 18.3 Å². The molecule has 0 spiro atoms. The first kappa shape index (κ1) is 12.2. The minimum Gasteiger partial charge on any atom is -0.380 e. The smallest absolute Gasteiger partial charge is 0.219 e. The van der Waals surface area contributed by atoms with Gasteiger partial charge in [-0.25, -0.2) is 4.98 Å². The molecule has 1 aromatic heterocycles. The molecule has 0 aliphatic carbocycles. The van der Waals surface area contributed by atoms with Gasteiger partial charge in [-0.05, 0) is 25.0 Å². The lowest BCUT2D eigenvalue weighted by molar-refractivity contribution is -0.129. The predicted molar refractivity (Wildman–Crippen MR) is 68.1 cm³/mol. The average molecular weight is 254 g/mol. The number of aromatic nitrogens is 1. The second-order valence-corrected chi connectivity index (χ2v) is 4.62. The molecule has 1 N–H and O–H groups in total. The van der Waals surface area contributed by atoms with E-state index in [4.69, 9.17) is 11.6 Å². The molecule has 0 atom stereocenters. The molecule has 1 fully saturated rings. The van der Waals surface area contributed by atoms with Crippen molar-refractivity contribution in [2.24, 2.45) is 0 Å². The molecule has 1 aliphatic rings. The molecule has 1 aromatic rings. The summed E-state index contributed by atoms with van der Waals surface area (Å²) in [6.45, 7) is 3.24. The molecule has 1 amide bonds. The van der Waals surface area contributed by atoms with Gasteiger partial charge in [0.25, 0.3) is 0 Å². The van der Waals surface area contributed by atoms with Crippen LogP contribution in [-0.4, -0.2) is 34.9 Å². The summed E-state index contributed by atoms with van der Waals surface area (Å²) < 4.78 is 0. The van der Waals surface area contributed by atoms with Crippen LogP contribution in [-0.2, 0) is 4.79 Å². The van der Waals surface area contributed by atoms with E-state index in [2.05, 4.69) is 10.3 Å². The zero-order chi connectivity index (χ0) is 12.3. The van der Waals surface area contributed by atoms with E-state index in [1.807, 2.05) is 17.0 Å². The van der Waals surface area contributed by atoms with Crippen molar-refractivity contribution in [2.45, 2.75) is 25.8 Å². The zero-order valence-electron chi connectivity index (χ0n) is 9.82. The van der Waals surface area contributed by atoms with Crippen molar-refractivity contribution in [1.82, 2.24) is 9.88 Å². The van der Waals surface area contributed by atoms with Gasteiger partial charge in [0.15, 0.2) is 5.15 Å². The van der Waals surface area contributed by atoms with E-state index in [1.165, 1.54) is 0 Å². The molecular weight excluding hydrogens is 238 g/mol. The first-order valence-electron chi connectivity index (χ1n) is 5.79. The van der Waals surface area contributed by atoms with Gasteiger partial charge in [-0.3, -0.25) is 4.79 Å². The molecule has 1 aliphatic heterocycles. The molecule has 0 saturated carbocycles. The number of anilines is 1. The van der Waals surface area contributed by atoms with Crippen LogP contribution in [0.3, 0.4) is 0 Å². The third-order valence-corrected chi connectivity index (χ3v) is 3.36. The second kappa shape index (κ2) is 5.36. The fraction of sp³-hybridized carbons (Fsp3) is 0.500. The summed E-state index contributed by atoms with van der Waals surface area (Å²) in [5, 5.41) is 3.88. The molecule has 1 saturated heterocycles. The molecule has 4 nitrogen and oxygen atoms in total. The van der Waals surface area contributed by atoms with Crippen LogP contribution in [0.4, 0.5) is 5.69 Å². The maximum absolute atomic E-state index is 11.2. The number of hydrogen-bond donors (Lipinski definition) is 1. The quantitative estimate of drug-likeness (QED) is 0.822. The average Bonchev–Trinajstić information content (AvgIpc) is 2.33. The summed E-state index contributed by atoms with van der Waals surface area (Å²) in [5.74, 6) is 0.155. The van der Waals surface area contributed by atoms with E-state index >= 15 is 0 Å². The number of pyridine rings is 1. The van der Waals surface area contributed by atoms with Crippen molar-refractivity contribution in [2.75, 3.05) is 18.4 Å². The summed E-state index contributed by atoms with van der Waals surface area (Å²) in [6, 6.07) is 4.15. The predicted octanol–water partition coefficient (Wildman–Crippen LogP) is 2.16. The molecule has 2 rings (SSSR count). The number of halogens is 1. The third kappa shape index (κ3) is 3.09. The van der Waals surface area contributed by atoms with Crippen LogP contribution in [0.5, 0.6) is 0 Å². The fourth-order valence-corrected chi connectivity index (χ4v) is 2.23. The first-order valence-corrected chi connectivity index (χ1v) is 6.17. The third-order valence-electron chi connectivity index (χ3n) is 3.06. The van der Waals surface area contributed by atoms with E-state index in [0.717, 1.165) is 31.6 Å². The number of hydrogen-bond acceptors (Lipinski definition) is 3. The van der Waals surface area contributed by atoms with Gasteiger partial charge in [0.05, 0.1) is 5.69 Å². The number of piperidine rings is 1. The Balaban J connectivity index is 1.90. The van der Waals surface area contributed by atoms with Crippen molar-refractivity contribution < 1.29 is 4.79 Å². The maximum atomic E-state index is 11.2. The van der Waals surface area contributed by atoms with Crippen LogP contribution in [0.2, 0.25) is 5.15 Å². The van der Waals surface area contributed by atoms with E-state index < -0.39 is 0 Å². The Bertz CT molecular complexity index is 402. The zero-order valence-corrected chi connectivity index (χ0v) is 10.6. The van der Waals surface area contributed by atoms with Crippen LogP contribution >= 0.6 is 11.6 Å². The molecule has 17 heavy (non-hydrogen) atoms. The lowest BCUT2D eigenvalue weighted by Crippen LogP contribution is -2.41. The Morgan fingerprint density at radius 1 is 1.53 bits per heavy atom. The Morgan fingerprint density at radius 3 is 2.82 bits per heavy atom. The SMILES string of the molecule is CC(=O)N1CCC(Nc2cccnc2Cl)CC1. The lowest BCUT2D eigenvalue weighted by atomic mass is 10.0. The molecule has 5 heteroatoms. The van der Waals surface area contributed by atoms with E-state index in [0.29, 0.717) is 11.2 Å². The maximum Gasteiger partial charge on any atom is 0.219 e. The van der Waals surface area contributed by atoms with Gasteiger partial charge >= 0.3 is 0 Å². The highest BCUT2D eigenvalue weighted by atomic mass is 35.5. The standard InChI is InChI=1S/C12H16ClN3O/c1-9(17)16-7-4-10(5-8-16)15-11-3-2-6-14-12(11)13/h2-3,6,10,15H,4-5,7-8H2,1H3. The molecule has 0 aromatic carbocycles. The van der Waals surface area contributed by atoms with Crippen LogP contribution in [0.1, 0.15) is 19.8 Å². The summed E-state index contributed by atoms with van der Waals surface area (Å²) in [5.41, 5.74) is 0.871. The molecule has 92 valence electrons. The van der Waals surface area contributed by atoms with E-state index in [-0.39, 0.29) is 5.91 Å². The number of likely N-dealkylation sites (tertiary alicyclic amines) is 1. The van der Waals surface area contributed by atoms with E-state index in [1.54, 1.807) is 13.1 Å². The van der Waals surface area contributed by atoms with Crippen molar-refractivity contribution >= 4 is 23.2 Å². The normalized spacial score (nSPS) is 16.9. The molecule has 2 heterocycles. The Labute approximate surface area is 106 Å². The van der Waals surface area contributed by atoms with Crippen LogP contribution < -0.4 is 5.32 Å². The van der Waals surface area contributed by atoms with Crippen LogP contribution in [0.25, 0.3) is 0 Å². The highest BCUT2D eigenvalue weighted by Crippen LogP contribution is 2.21. The Hall–Kier alpha value is -1.29. The van der Waals surface area contributed by atoms with E-state index in [9.17, 15) is 4.79 Å². The largest absolute Gasteiger partial charge is 0.380 e. The van der Waals surface area contributed by atoms with Gasteiger partial charge in [-0.2, -0.15) is 0 Å². The molecule has 0 unspecified atom stereocenters. The van der Waals surface area contributed by atoms with Crippen molar-refractivity contribution in [3.8, 4) is 0 Å². The van der Waals surface area contributed by atoms with Gasteiger partial charge in [0.2, 0.25) is 5.91 Å². The minimum absolute atomic E-state index is 0.155. The second-order valence-electron chi connectivity index (χ2n) is 4.27. The van der Waals surface area contributed by atoms with Crippen molar-refractivity contribution in [3.63, 3.8) is 0 Å². The Kier molecular flexibility index (Phi) is 3.84. The summed E-state index contributed by atoms with van der Waals surface area (Å²) in [7, 11) is 0. The number of amides is 1. The number of nitrogens with one attached hydrogen (secondary N) is 1. The lowest BCUT2D eigenvalue weighted by Gasteiger charge is -2.32. The number of carbonyl (C=O) groups is 1. The Morgan fingerprint density at radius 2 is 2.24 bits per heavy atom. The number of rotatable bonds is 2. The van der Waals surface area contributed by atoms with Gasteiger partial charge in [-0.1, -0.05) is 11.6 Å². The summed E-state index contributed by atoms with van der Waals surface area (Å²) in [6.07, 6.45) is 3.57. The fourth-order valence-electron chi connectivity index (χ4n) is 2.05. The number of nitrogens with zero attached hydrogens (tertiary/aromatic N) is 2. The molecule has 0 radical (unpaired) electrons. The topological polar surface area (TPSA) is 45.2 Å². The highest BCUT2D eigenvalue weighted by molar-refractivity contribution is 6.31. The van der Waals surface area contributed by atoms with Crippen molar-refractivity contribution in [3.05, 3.63) is 23.5 Å². The van der Waals surface area contributed by atoms with Gasteiger partial charge < -0.3 is 10.2 Å². The molecular formula is C12H16ClN3O. The molecule has 0 bridgehead atoms. The number of carbonyl (C=O) groups excluding carboxylic acids is 1. The first-order chi connectivity index (χ1) is 8.16. The van der Waals surface area contributed by atoms with Crippen LogP contribution in [0, 0.1) is 0 Å². The van der Waals surface area contributed by atoms with Gasteiger partial charge in [0.1, 0.15) is 0 Å².